The lowest BCUT2D eigenvalue weighted by Gasteiger charge is -2.26. The van der Waals surface area contributed by atoms with Crippen LogP contribution in [-0.4, -0.2) is 22.2 Å². The van der Waals surface area contributed by atoms with Crippen LogP contribution < -0.4 is 11.1 Å². The van der Waals surface area contributed by atoms with E-state index in [1.807, 2.05) is 0 Å². The number of hydrogen-bond acceptors (Lipinski definition) is 5. The fourth-order valence-corrected chi connectivity index (χ4v) is 2.95. The molecule has 1 heterocycles. The molecule has 0 atom stereocenters. The van der Waals surface area contributed by atoms with Crippen molar-refractivity contribution in [3.63, 3.8) is 0 Å². The van der Waals surface area contributed by atoms with Crippen molar-refractivity contribution in [1.82, 2.24) is 4.98 Å². The summed E-state index contributed by atoms with van der Waals surface area (Å²) in [6.07, 6.45) is 1.28. The van der Waals surface area contributed by atoms with Crippen LogP contribution in [0.4, 0.5) is 5.13 Å². The zero-order valence-electron chi connectivity index (χ0n) is 12.1. The number of aromatic nitrogens is 1. The molecular weight excluding hydrogens is 298 g/mol. The molecule has 7 heteroatoms. The van der Waals surface area contributed by atoms with Crippen molar-refractivity contribution in [3.8, 4) is 0 Å². The molecule has 0 aromatic carbocycles. The maximum Gasteiger partial charge on any atom is 0.245 e. The summed E-state index contributed by atoms with van der Waals surface area (Å²) < 4.78 is 0. The minimum Gasteiger partial charge on any atom is -0.318 e. The quantitative estimate of drug-likeness (QED) is 0.877. The molecule has 20 heavy (non-hydrogen) atoms. The predicted octanol–water partition coefficient (Wildman–Crippen LogP) is 2.40. The first-order valence-corrected chi connectivity index (χ1v) is 7.03. The Morgan fingerprint density at radius 3 is 2.55 bits per heavy atom. The number of amides is 1. The second kappa shape index (κ2) is 5.42. The summed E-state index contributed by atoms with van der Waals surface area (Å²) in [5.41, 5.74) is 5.48. The summed E-state index contributed by atoms with van der Waals surface area (Å²) in [4.78, 5) is 28.9. The third kappa shape index (κ3) is 3.56. The van der Waals surface area contributed by atoms with Crippen LogP contribution in [-0.2, 0) is 11.2 Å². The third-order valence-electron chi connectivity index (χ3n) is 3.04. The fraction of sp³-hybridized carbons (Fsp3) is 0.615. The molecule has 0 unspecified atom stereocenters. The molecule has 0 spiro atoms. The average Bonchev–Trinajstić information content (AvgIpc) is 2.57. The number of halogens is 1. The van der Waals surface area contributed by atoms with Gasteiger partial charge in [0.1, 0.15) is 0 Å². The second-order valence-electron chi connectivity index (χ2n) is 6.41. The molecule has 5 nitrogen and oxygen atoms in total. The first-order valence-electron chi connectivity index (χ1n) is 6.22. The first-order chi connectivity index (χ1) is 8.58. The lowest BCUT2D eigenvalue weighted by molar-refractivity contribution is -0.120. The van der Waals surface area contributed by atoms with Gasteiger partial charge in [-0.1, -0.05) is 25.2 Å². The largest absolute Gasteiger partial charge is 0.318 e. The Labute approximate surface area is 128 Å². The van der Waals surface area contributed by atoms with Gasteiger partial charge in [-0.15, -0.1) is 12.4 Å². The highest BCUT2D eigenvalue weighted by Gasteiger charge is 2.34. The topological polar surface area (TPSA) is 85.1 Å². The number of anilines is 1. The van der Waals surface area contributed by atoms with Crippen LogP contribution in [0.15, 0.2) is 0 Å². The van der Waals surface area contributed by atoms with E-state index in [2.05, 4.69) is 24.1 Å². The Morgan fingerprint density at radius 2 is 2.00 bits per heavy atom. The van der Waals surface area contributed by atoms with E-state index in [0.29, 0.717) is 16.4 Å². The normalized spacial score (nSPS) is 17.1. The SMILES string of the molecule is CC1(C)CC(=O)c2sc(NC(=O)C(C)(C)N)nc2C1.Cl. The van der Waals surface area contributed by atoms with Crippen molar-refractivity contribution in [3.05, 3.63) is 10.6 Å². The summed E-state index contributed by atoms with van der Waals surface area (Å²) in [5, 5.41) is 3.14. The third-order valence-corrected chi connectivity index (χ3v) is 4.10. The Hall–Kier alpha value is -0.980. The zero-order valence-corrected chi connectivity index (χ0v) is 13.7. The van der Waals surface area contributed by atoms with Crippen LogP contribution in [0, 0.1) is 5.41 Å². The van der Waals surface area contributed by atoms with Crippen molar-refractivity contribution in [2.24, 2.45) is 11.1 Å². The van der Waals surface area contributed by atoms with Gasteiger partial charge in [0, 0.05) is 6.42 Å². The first kappa shape index (κ1) is 17.1. The van der Waals surface area contributed by atoms with Crippen molar-refractivity contribution < 1.29 is 9.59 Å². The second-order valence-corrected chi connectivity index (χ2v) is 7.41. The number of nitrogens with one attached hydrogen (secondary N) is 1. The molecule has 1 aliphatic rings. The lowest BCUT2D eigenvalue weighted by Crippen LogP contribution is -2.45. The monoisotopic (exact) mass is 317 g/mol. The Morgan fingerprint density at radius 1 is 1.40 bits per heavy atom. The molecule has 0 aliphatic heterocycles. The van der Waals surface area contributed by atoms with Crippen molar-refractivity contribution in [1.29, 1.82) is 0 Å². The van der Waals surface area contributed by atoms with E-state index in [1.54, 1.807) is 13.8 Å². The molecule has 3 N–H and O–H groups in total. The number of carbonyl (C=O) groups is 2. The van der Waals surface area contributed by atoms with Gasteiger partial charge in [0.2, 0.25) is 5.91 Å². The number of fused-ring (bicyclic) bond motifs is 1. The Bertz CT molecular complexity index is 546. The average molecular weight is 318 g/mol. The Kier molecular flexibility index (Phi) is 4.63. The van der Waals surface area contributed by atoms with Crippen molar-refractivity contribution in [2.75, 3.05) is 5.32 Å². The number of ketones is 1. The number of hydrogen-bond donors (Lipinski definition) is 2. The summed E-state index contributed by atoms with van der Waals surface area (Å²) in [5.74, 6) is -0.193. The van der Waals surface area contributed by atoms with E-state index in [1.165, 1.54) is 11.3 Å². The maximum atomic E-state index is 12.0. The van der Waals surface area contributed by atoms with E-state index in [0.717, 1.165) is 12.1 Å². The molecule has 1 aliphatic carbocycles. The standard InChI is InChI=1S/C13H19N3O2S.ClH/c1-12(2)5-7-9(8(17)6-12)19-11(15-7)16-10(18)13(3,4)14;/h5-6,14H2,1-4H3,(H,15,16,18);1H. The van der Waals surface area contributed by atoms with E-state index in [4.69, 9.17) is 5.73 Å². The summed E-state index contributed by atoms with van der Waals surface area (Å²) >= 11 is 1.24. The highest BCUT2D eigenvalue weighted by Crippen LogP contribution is 2.38. The number of carbonyl (C=O) groups excluding carboxylic acids is 2. The molecular formula is C13H20ClN3O2S. The minimum absolute atomic E-state index is 0. The van der Waals surface area contributed by atoms with Gasteiger partial charge in [0.15, 0.2) is 10.9 Å². The summed E-state index contributed by atoms with van der Waals surface area (Å²) in [6.45, 7) is 7.36. The highest BCUT2D eigenvalue weighted by atomic mass is 35.5. The number of nitrogens with two attached hydrogens (primary N) is 1. The van der Waals surface area contributed by atoms with Gasteiger partial charge >= 0.3 is 0 Å². The van der Waals surface area contributed by atoms with Crippen LogP contribution >= 0.6 is 23.7 Å². The molecule has 0 bridgehead atoms. The van der Waals surface area contributed by atoms with Crippen molar-refractivity contribution in [2.45, 2.75) is 46.1 Å². The fourth-order valence-electron chi connectivity index (χ4n) is 2.03. The van der Waals surface area contributed by atoms with E-state index < -0.39 is 5.54 Å². The lowest BCUT2D eigenvalue weighted by atomic mass is 9.78. The number of nitrogens with zero attached hydrogens (tertiary/aromatic N) is 1. The molecule has 0 saturated carbocycles. The summed E-state index contributed by atoms with van der Waals surface area (Å²) in [6, 6.07) is 0. The molecule has 2 rings (SSSR count). The molecule has 0 radical (unpaired) electrons. The molecule has 1 amide bonds. The predicted molar refractivity (Wildman–Crippen MR) is 82.7 cm³/mol. The van der Waals surface area contributed by atoms with Gasteiger partial charge in [-0.25, -0.2) is 4.98 Å². The number of rotatable bonds is 2. The molecule has 0 saturated heterocycles. The zero-order chi connectivity index (χ0) is 14.4. The van der Waals surface area contributed by atoms with Crippen LogP contribution in [0.1, 0.15) is 49.5 Å². The van der Waals surface area contributed by atoms with E-state index in [9.17, 15) is 9.59 Å². The van der Waals surface area contributed by atoms with Crippen LogP contribution in [0.25, 0.3) is 0 Å². The molecule has 1 aromatic rings. The van der Waals surface area contributed by atoms with Crippen LogP contribution in [0.3, 0.4) is 0 Å². The van der Waals surface area contributed by atoms with Crippen molar-refractivity contribution >= 4 is 40.6 Å². The van der Waals surface area contributed by atoms with E-state index in [-0.39, 0.29) is 29.5 Å². The molecule has 112 valence electrons. The minimum atomic E-state index is -0.963. The number of thiazole rings is 1. The molecule has 1 aromatic heterocycles. The van der Waals surface area contributed by atoms with Gasteiger partial charge in [-0.05, 0) is 25.7 Å². The van der Waals surface area contributed by atoms with Gasteiger partial charge in [0.25, 0.3) is 0 Å². The van der Waals surface area contributed by atoms with Gasteiger partial charge in [0.05, 0.1) is 16.1 Å². The Balaban J connectivity index is 0.00000200. The maximum absolute atomic E-state index is 12.0. The van der Waals surface area contributed by atoms with Gasteiger partial charge in [-0.2, -0.15) is 0 Å². The summed E-state index contributed by atoms with van der Waals surface area (Å²) in [7, 11) is 0. The van der Waals surface area contributed by atoms with Gasteiger partial charge in [-0.3, -0.25) is 9.59 Å². The van der Waals surface area contributed by atoms with Gasteiger partial charge < -0.3 is 11.1 Å². The van der Waals surface area contributed by atoms with E-state index >= 15 is 0 Å². The van der Waals surface area contributed by atoms with Crippen LogP contribution in [0.2, 0.25) is 0 Å². The van der Waals surface area contributed by atoms with Crippen LogP contribution in [0.5, 0.6) is 0 Å². The molecule has 0 fully saturated rings. The number of Topliss-reactive ketones (excluding diaryl/α,β-unsaturated/α-hetero) is 1. The smallest absolute Gasteiger partial charge is 0.245 e. The highest BCUT2D eigenvalue weighted by molar-refractivity contribution is 7.17.